The third kappa shape index (κ3) is 2.80. The highest BCUT2D eigenvalue weighted by atomic mass is 35.5. The predicted molar refractivity (Wildman–Crippen MR) is 70.1 cm³/mol. The summed E-state index contributed by atoms with van der Waals surface area (Å²) in [6.07, 6.45) is 1.83. The summed E-state index contributed by atoms with van der Waals surface area (Å²) in [5, 5.41) is 2.79. The number of nitrogens with zero attached hydrogens (tertiary/aromatic N) is 3. The molecule has 0 atom stereocenters. The Morgan fingerprint density at radius 3 is 2.89 bits per heavy atom. The second-order valence-electron chi connectivity index (χ2n) is 3.48. The first-order valence-corrected chi connectivity index (χ1v) is 6.02. The van der Waals surface area contributed by atoms with Gasteiger partial charge in [0.25, 0.3) is 5.91 Å². The zero-order valence-corrected chi connectivity index (χ0v) is 11.0. The lowest BCUT2D eigenvalue weighted by Gasteiger charge is -2.07. The number of anilines is 1. The molecule has 2 aromatic heterocycles. The fourth-order valence-corrected chi connectivity index (χ4v) is 1.94. The van der Waals surface area contributed by atoms with Crippen molar-refractivity contribution < 1.29 is 4.79 Å². The summed E-state index contributed by atoms with van der Waals surface area (Å²) in [4.78, 5) is 19.6. The number of hydrogen-bond acceptors (Lipinski definition) is 3. The van der Waals surface area contributed by atoms with Gasteiger partial charge in [-0.05, 0) is 30.7 Å². The van der Waals surface area contributed by atoms with Gasteiger partial charge in [0.1, 0.15) is 16.7 Å². The summed E-state index contributed by atoms with van der Waals surface area (Å²) in [6, 6.07) is 4.96. The van der Waals surface area contributed by atoms with E-state index in [0.717, 1.165) is 0 Å². The smallest absolute Gasteiger partial charge is 0.273 e. The van der Waals surface area contributed by atoms with Gasteiger partial charge in [-0.3, -0.25) is 4.79 Å². The molecule has 7 heteroatoms. The lowest BCUT2D eigenvalue weighted by Crippen LogP contribution is -2.17. The Balaban J connectivity index is 2.21. The summed E-state index contributed by atoms with van der Waals surface area (Å²) < 4.78 is 1.82. The zero-order chi connectivity index (χ0) is 13.1. The van der Waals surface area contributed by atoms with Gasteiger partial charge in [-0.2, -0.15) is 0 Å². The maximum Gasteiger partial charge on any atom is 0.273 e. The maximum absolute atomic E-state index is 12.0. The highest BCUT2D eigenvalue weighted by molar-refractivity contribution is 6.32. The quantitative estimate of drug-likeness (QED) is 0.696. The van der Waals surface area contributed by atoms with Crippen LogP contribution in [-0.2, 0) is 6.54 Å². The zero-order valence-electron chi connectivity index (χ0n) is 9.52. The molecular weight excluding hydrogens is 275 g/mol. The summed E-state index contributed by atoms with van der Waals surface area (Å²) >= 11 is 11.4. The van der Waals surface area contributed by atoms with Gasteiger partial charge < -0.3 is 9.88 Å². The molecule has 0 bridgehead atoms. The predicted octanol–water partition coefficient (Wildman–Crippen LogP) is 2.86. The number of halogens is 2. The first-order chi connectivity index (χ1) is 8.60. The van der Waals surface area contributed by atoms with Crippen LogP contribution < -0.4 is 5.32 Å². The number of hydrogen-bond donors (Lipinski definition) is 1. The second kappa shape index (κ2) is 5.37. The van der Waals surface area contributed by atoms with Crippen LogP contribution in [0.2, 0.25) is 10.4 Å². The molecule has 18 heavy (non-hydrogen) atoms. The normalized spacial score (nSPS) is 10.4. The summed E-state index contributed by atoms with van der Waals surface area (Å²) in [5.74, 6) is 0.00142. The molecule has 94 valence electrons. The fourth-order valence-electron chi connectivity index (χ4n) is 1.53. The number of carbonyl (C=O) groups excluding carboxylic acids is 1. The van der Waals surface area contributed by atoms with Crippen molar-refractivity contribution in [1.82, 2.24) is 14.5 Å². The second-order valence-corrected chi connectivity index (χ2v) is 4.20. The molecule has 5 nitrogen and oxygen atoms in total. The van der Waals surface area contributed by atoms with Crippen molar-refractivity contribution in [2.45, 2.75) is 13.5 Å². The number of aromatic nitrogens is 3. The molecule has 0 saturated carbocycles. The van der Waals surface area contributed by atoms with E-state index >= 15 is 0 Å². The van der Waals surface area contributed by atoms with Crippen LogP contribution in [0.5, 0.6) is 0 Å². The van der Waals surface area contributed by atoms with Gasteiger partial charge in [0.15, 0.2) is 0 Å². The van der Waals surface area contributed by atoms with E-state index in [4.69, 9.17) is 23.2 Å². The van der Waals surface area contributed by atoms with Crippen molar-refractivity contribution in [3.8, 4) is 0 Å². The summed E-state index contributed by atoms with van der Waals surface area (Å²) in [6.45, 7) is 2.66. The molecule has 0 saturated heterocycles. The van der Waals surface area contributed by atoms with E-state index in [9.17, 15) is 4.79 Å². The Hall–Kier alpha value is -1.59. The van der Waals surface area contributed by atoms with Crippen LogP contribution >= 0.6 is 23.2 Å². The lowest BCUT2D eigenvalue weighted by atomic mass is 10.4. The third-order valence-electron chi connectivity index (χ3n) is 2.31. The monoisotopic (exact) mass is 284 g/mol. The first kappa shape index (κ1) is 12.9. The van der Waals surface area contributed by atoms with Gasteiger partial charge >= 0.3 is 0 Å². The molecule has 0 aromatic carbocycles. The van der Waals surface area contributed by atoms with Crippen LogP contribution in [0.4, 0.5) is 5.82 Å². The summed E-state index contributed by atoms with van der Waals surface area (Å²) in [5.41, 5.74) is 0.545. The highest BCUT2D eigenvalue weighted by Gasteiger charge is 2.11. The standard InChI is InChI=1S/C11H10Cl2N4O/c1-2-17-5-3-4-7(17)10(18)15-9-6-8(12)14-11(13)16-9/h3-6H,2H2,1H3,(H,14,15,16,18). The van der Waals surface area contributed by atoms with Gasteiger partial charge in [-0.1, -0.05) is 11.6 Å². The number of amides is 1. The van der Waals surface area contributed by atoms with Crippen LogP contribution in [-0.4, -0.2) is 20.4 Å². The molecule has 0 spiro atoms. The third-order valence-corrected chi connectivity index (χ3v) is 2.67. The van der Waals surface area contributed by atoms with Gasteiger partial charge in [0, 0.05) is 18.8 Å². The largest absolute Gasteiger partial charge is 0.344 e. The molecule has 0 aliphatic rings. The van der Waals surface area contributed by atoms with E-state index in [1.165, 1.54) is 6.07 Å². The lowest BCUT2D eigenvalue weighted by molar-refractivity contribution is 0.101. The minimum Gasteiger partial charge on any atom is -0.344 e. The van der Waals surface area contributed by atoms with Crippen molar-refractivity contribution in [2.24, 2.45) is 0 Å². The molecule has 2 heterocycles. The minimum absolute atomic E-state index is 0.0105. The van der Waals surface area contributed by atoms with E-state index in [1.54, 1.807) is 12.1 Å². The van der Waals surface area contributed by atoms with Crippen LogP contribution in [0.1, 0.15) is 17.4 Å². The van der Waals surface area contributed by atoms with E-state index < -0.39 is 0 Å². The van der Waals surface area contributed by atoms with Crippen LogP contribution in [0.15, 0.2) is 24.4 Å². The first-order valence-electron chi connectivity index (χ1n) is 5.26. The van der Waals surface area contributed by atoms with Crippen molar-refractivity contribution in [3.05, 3.63) is 40.5 Å². The summed E-state index contributed by atoms with van der Waals surface area (Å²) in [7, 11) is 0. The Kier molecular flexibility index (Phi) is 3.84. The SMILES string of the molecule is CCn1cccc1C(=O)Nc1cc(Cl)nc(Cl)n1. The van der Waals surface area contributed by atoms with Crippen molar-refractivity contribution >= 4 is 34.9 Å². The Labute approximate surface area is 114 Å². The molecule has 2 aromatic rings. The van der Waals surface area contributed by atoms with Crippen LogP contribution in [0.3, 0.4) is 0 Å². The number of aryl methyl sites for hydroxylation is 1. The molecule has 0 unspecified atom stereocenters. The van der Waals surface area contributed by atoms with E-state index in [1.807, 2.05) is 17.7 Å². The molecule has 0 aliphatic heterocycles. The molecular formula is C11H10Cl2N4O. The van der Waals surface area contributed by atoms with E-state index in [0.29, 0.717) is 12.2 Å². The van der Waals surface area contributed by atoms with Gasteiger partial charge in [-0.15, -0.1) is 0 Å². The molecule has 2 rings (SSSR count). The fraction of sp³-hybridized carbons (Fsp3) is 0.182. The van der Waals surface area contributed by atoms with Crippen LogP contribution in [0, 0.1) is 0 Å². The maximum atomic E-state index is 12.0. The van der Waals surface area contributed by atoms with E-state index in [-0.39, 0.29) is 22.2 Å². The van der Waals surface area contributed by atoms with Crippen molar-refractivity contribution in [3.63, 3.8) is 0 Å². The number of rotatable bonds is 3. The average Bonchev–Trinajstić information content (AvgIpc) is 2.75. The van der Waals surface area contributed by atoms with Gasteiger partial charge in [0.2, 0.25) is 5.28 Å². The van der Waals surface area contributed by atoms with Crippen LogP contribution in [0.25, 0.3) is 0 Å². The molecule has 0 aliphatic carbocycles. The Morgan fingerprint density at radius 2 is 2.22 bits per heavy atom. The Bertz CT molecular complexity index is 562. The molecule has 0 radical (unpaired) electrons. The highest BCUT2D eigenvalue weighted by Crippen LogP contribution is 2.15. The number of carbonyl (C=O) groups is 1. The minimum atomic E-state index is -0.271. The van der Waals surface area contributed by atoms with Gasteiger partial charge in [0.05, 0.1) is 0 Å². The topological polar surface area (TPSA) is 59.8 Å². The average molecular weight is 285 g/mol. The number of nitrogens with one attached hydrogen (secondary N) is 1. The molecule has 1 amide bonds. The Morgan fingerprint density at radius 1 is 1.44 bits per heavy atom. The molecule has 1 N–H and O–H groups in total. The van der Waals surface area contributed by atoms with E-state index in [2.05, 4.69) is 15.3 Å². The molecule has 0 fully saturated rings. The van der Waals surface area contributed by atoms with Crippen molar-refractivity contribution in [2.75, 3.05) is 5.32 Å². The van der Waals surface area contributed by atoms with Gasteiger partial charge in [-0.25, -0.2) is 9.97 Å². The van der Waals surface area contributed by atoms with Crippen molar-refractivity contribution in [1.29, 1.82) is 0 Å².